The summed E-state index contributed by atoms with van der Waals surface area (Å²) >= 11 is 0. The number of amides is 1. The summed E-state index contributed by atoms with van der Waals surface area (Å²) in [6, 6.07) is 0. The van der Waals surface area contributed by atoms with E-state index in [1.807, 2.05) is 0 Å². The van der Waals surface area contributed by atoms with Crippen LogP contribution >= 0.6 is 0 Å². The van der Waals surface area contributed by atoms with Gasteiger partial charge >= 0.3 is 0 Å². The molecule has 2 aliphatic rings. The normalized spacial score (nSPS) is 34.0. The molecule has 1 amide bonds. The van der Waals surface area contributed by atoms with Crippen molar-refractivity contribution in [1.82, 2.24) is 4.90 Å². The summed E-state index contributed by atoms with van der Waals surface area (Å²) in [7, 11) is 0. The number of nitrogens with zero attached hydrogens (tertiary/aromatic N) is 1. The number of hydrogen-bond acceptors (Lipinski definition) is 2. The standard InChI is InChI=1S/C14H26N2O/c1-2-11-7-8-16(10-11)14(17)13-5-3-12(9-15)4-6-13/h11-13H,2-10,15H2,1H3. The predicted octanol–water partition coefficient (Wildman–Crippen LogP) is 2.01. The molecule has 1 atom stereocenters. The molecule has 0 aromatic heterocycles. The Morgan fingerprint density at radius 1 is 1.18 bits per heavy atom. The van der Waals surface area contributed by atoms with Gasteiger partial charge < -0.3 is 10.6 Å². The van der Waals surface area contributed by atoms with Gasteiger partial charge in [-0.25, -0.2) is 0 Å². The Bertz CT molecular complexity index is 259. The second kappa shape index (κ2) is 5.85. The van der Waals surface area contributed by atoms with E-state index < -0.39 is 0 Å². The highest BCUT2D eigenvalue weighted by Crippen LogP contribution is 2.31. The van der Waals surface area contributed by atoms with Gasteiger partial charge in [-0.05, 0) is 50.5 Å². The monoisotopic (exact) mass is 238 g/mol. The van der Waals surface area contributed by atoms with Gasteiger partial charge in [0.25, 0.3) is 0 Å². The first-order valence-corrected chi connectivity index (χ1v) is 7.23. The van der Waals surface area contributed by atoms with Gasteiger partial charge in [0.15, 0.2) is 0 Å². The summed E-state index contributed by atoms with van der Waals surface area (Å²) < 4.78 is 0. The quantitative estimate of drug-likeness (QED) is 0.817. The maximum Gasteiger partial charge on any atom is 0.225 e. The third kappa shape index (κ3) is 3.01. The second-order valence-corrected chi connectivity index (χ2v) is 5.80. The van der Waals surface area contributed by atoms with Crippen LogP contribution in [-0.2, 0) is 4.79 Å². The average molecular weight is 238 g/mol. The highest BCUT2D eigenvalue weighted by Gasteiger charge is 2.32. The largest absolute Gasteiger partial charge is 0.342 e. The van der Waals surface area contributed by atoms with Gasteiger partial charge in [0.1, 0.15) is 0 Å². The van der Waals surface area contributed by atoms with E-state index in [-0.39, 0.29) is 0 Å². The van der Waals surface area contributed by atoms with Crippen molar-refractivity contribution in [1.29, 1.82) is 0 Å². The van der Waals surface area contributed by atoms with Gasteiger partial charge in [0.2, 0.25) is 5.91 Å². The Hall–Kier alpha value is -0.570. The lowest BCUT2D eigenvalue weighted by atomic mass is 9.81. The van der Waals surface area contributed by atoms with Gasteiger partial charge in [-0.15, -0.1) is 0 Å². The van der Waals surface area contributed by atoms with Crippen LogP contribution < -0.4 is 5.73 Å². The van der Waals surface area contributed by atoms with Crippen molar-refractivity contribution >= 4 is 5.91 Å². The fraction of sp³-hybridized carbons (Fsp3) is 0.929. The van der Waals surface area contributed by atoms with Crippen LogP contribution in [0.15, 0.2) is 0 Å². The third-order valence-corrected chi connectivity index (χ3v) is 4.70. The molecule has 1 aliphatic heterocycles. The molecule has 1 aliphatic carbocycles. The summed E-state index contributed by atoms with van der Waals surface area (Å²) in [4.78, 5) is 14.5. The van der Waals surface area contributed by atoms with Gasteiger partial charge in [0, 0.05) is 19.0 Å². The van der Waals surface area contributed by atoms with Gasteiger partial charge in [0.05, 0.1) is 0 Å². The van der Waals surface area contributed by atoms with E-state index >= 15 is 0 Å². The first-order valence-electron chi connectivity index (χ1n) is 7.23. The van der Waals surface area contributed by atoms with Crippen LogP contribution in [0.4, 0.5) is 0 Å². The Morgan fingerprint density at radius 2 is 1.88 bits per heavy atom. The Kier molecular flexibility index (Phi) is 4.43. The summed E-state index contributed by atoms with van der Waals surface area (Å²) in [6.45, 7) is 5.02. The number of nitrogens with two attached hydrogens (primary N) is 1. The molecule has 2 fully saturated rings. The zero-order valence-corrected chi connectivity index (χ0v) is 11.0. The maximum atomic E-state index is 12.4. The van der Waals surface area contributed by atoms with Crippen LogP contribution in [0.5, 0.6) is 0 Å². The molecule has 0 bridgehead atoms. The highest BCUT2D eigenvalue weighted by atomic mass is 16.2. The fourth-order valence-corrected chi connectivity index (χ4v) is 3.27. The van der Waals surface area contributed by atoms with Gasteiger partial charge in [-0.3, -0.25) is 4.79 Å². The van der Waals surface area contributed by atoms with Crippen molar-refractivity contribution in [2.45, 2.75) is 45.4 Å². The Balaban J connectivity index is 1.81. The van der Waals surface area contributed by atoms with Crippen molar-refractivity contribution in [2.75, 3.05) is 19.6 Å². The van der Waals surface area contributed by atoms with Crippen LogP contribution in [0.2, 0.25) is 0 Å². The van der Waals surface area contributed by atoms with Crippen LogP contribution in [-0.4, -0.2) is 30.4 Å². The minimum atomic E-state index is 0.299. The zero-order valence-electron chi connectivity index (χ0n) is 11.0. The lowest BCUT2D eigenvalue weighted by molar-refractivity contribution is -0.135. The molecule has 0 spiro atoms. The van der Waals surface area contributed by atoms with Crippen LogP contribution in [0.3, 0.4) is 0 Å². The fourth-order valence-electron chi connectivity index (χ4n) is 3.27. The molecule has 0 radical (unpaired) electrons. The van der Waals surface area contributed by atoms with Crippen molar-refractivity contribution in [3.05, 3.63) is 0 Å². The van der Waals surface area contributed by atoms with Crippen LogP contribution in [0.25, 0.3) is 0 Å². The number of rotatable bonds is 3. The van der Waals surface area contributed by atoms with Crippen LogP contribution in [0.1, 0.15) is 45.4 Å². The molecule has 1 saturated carbocycles. The molecular weight excluding hydrogens is 212 g/mol. The molecular formula is C14H26N2O. The Labute approximate surface area is 105 Å². The third-order valence-electron chi connectivity index (χ3n) is 4.70. The van der Waals surface area contributed by atoms with Crippen molar-refractivity contribution < 1.29 is 4.79 Å². The molecule has 1 saturated heterocycles. The van der Waals surface area contributed by atoms with Crippen molar-refractivity contribution in [3.8, 4) is 0 Å². The lowest BCUT2D eigenvalue weighted by Gasteiger charge is -2.30. The number of hydrogen-bond donors (Lipinski definition) is 1. The van der Waals surface area contributed by atoms with E-state index in [9.17, 15) is 4.79 Å². The molecule has 3 heteroatoms. The van der Waals surface area contributed by atoms with E-state index in [1.54, 1.807) is 0 Å². The Morgan fingerprint density at radius 3 is 2.41 bits per heavy atom. The molecule has 1 heterocycles. The van der Waals surface area contributed by atoms with E-state index in [0.29, 0.717) is 17.7 Å². The van der Waals surface area contributed by atoms with E-state index in [0.717, 1.165) is 51.2 Å². The molecule has 0 aromatic rings. The number of carbonyl (C=O) groups is 1. The molecule has 1 unspecified atom stereocenters. The van der Waals surface area contributed by atoms with E-state index in [1.165, 1.54) is 12.8 Å². The SMILES string of the molecule is CCC1CCN(C(=O)C2CCC(CN)CC2)C1. The maximum absolute atomic E-state index is 12.4. The van der Waals surface area contributed by atoms with E-state index in [2.05, 4.69) is 11.8 Å². The lowest BCUT2D eigenvalue weighted by Crippen LogP contribution is -2.37. The smallest absolute Gasteiger partial charge is 0.225 e. The minimum absolute atomic E-state index is 0.299. The number of likely N-dealkylation sites (tertiary alicyclic amines) is 1. The molecule has 0 aromatic carbocycles. The molecule has 3 nitrogen and oxygen atoms in total. The van der Waals surface area contributed by atoms with Crippen LogP contribution in [0, 0.1) is 17.8 Å². The first kappa shape index (κ1) is 12.9. The summed E-state index contributed by atoms with van der Waals surface area (Å²) in [5.74, 6) is 2.14. The summed E-state index contributed by atoms with van der Waals surface area (Å²) in [5.41, 5.74) is 5.69. The van der Waals surface area contributed by atoms with Crippen molar-refractivity contribution in [2.24, 2.45) is 23.5 Å². The second-order valence-electron chi connectivity index (χ2n) is 5.80. The van der Waals surface area contributed by atoms with Crippen molar-refractivity contribution in [3.63, 3.8) is 0 Å². The average Bonchev–Trinajstić information content (AvgIpc) is 2.87. The molecule has 17 heavy (non-hydrogen) atoms. The summed E-state index contributed by atoms with van der Waals surface area (Å²) in [6.07, 6.45) is 6.85. The topological polar surface area (TPSA) is 46.3 Å². The predicted molar refractivity (Wildman–Crippen MR) is 69.5 cm³/mol. The minimum Gasteiger partial charge on any atom is -0.342 e. The molecule has 2 N–H and O–H groups in total. The van der Waals surface area contributed by atoms with Gasteiger partial charge in [-0.2, -0.15) is 0 Å². The van der Waals surface area contributed by atoms with Gasteiger partial charge in [-0.1, -0.05) is 13.3 Å². The zero-order chi connectivity index (χ0) is 12.3. The molecule has 98 valence electrons. The highest BCUT2D eigenvalue weighted by molar-refractivity contribution is 5.79. The summed E-state index contributed by atoms with van der Waals surface area (Å²) in [5, 5.41) is 0. The first-order chi connectivity index (χ1) is 8.24. The van der Waals surface area contributed by atoms with E-state index in [4.69, 9.17) is 5.73 Å². The molecule has 2 rings (SSSR count). The number of carbonyl (C=O) groups excluding carboxylic acids is 1.